The SMILES string of the molecule is CC[C@]1(NC(CC(=O)O)Cc2cc(F)c(F)cc2F)C=CC=CC1. The molecule has 0 heterocycles. The van der Waals surface area contributed by atoms with Gasteiger partial charge in [0, 0.05) is 17.6 Å². The van der Waals surface area contributed by atoms with Crippen LogP contribution in [-0.2, 0) is 11.2 Å². The number of benzene rings is 1. The molecule has 1 aliphatic rings. The zero-order valence-electron chi connectivity index (χ0n) is 13.4. The fourth-order valence-corrected chi connectivity index (χ4v) is 2.91. The number of carboxylic acids is 1. The van der Waals surface area contributed by atoms with Gasteiger partial charge in [0.2, 0.25) is 0 Å². The Kier molecular flexibility index (Phi) is 5.83. The lowest BCUT2D eigenvalue weighted by atomic mass is 9.86. The minimum Gasteiger partial charge on any atom is -0.481 e. The van der Waals surface area contributed by atoms with Gasteiger partial charge in [-0.05, 0) is 30.9 Å². The maximum absolute atomic E-state index is 13.9. The zero-order chi connectivity index (χ0) is 17.7. The molecule has 2 atom stereocenters. The Morgan fingerprint density at radius 2 is 1.96 bits per heavy atom. The first-order valence-electron chi connectivity index (χ1n) is 7.82. The van der Waals surface area contributed by atoms with Crippen LogP contribution < -0.4 is 5.32 Å². The lowest BCUT2D eigenvalue weighted by Gasteiger charge is -2.35. The highest BCUT2D eigenvalue weighted by Gasteiger charge is 2.29. The van der Waals surface area contributed by atoms with Crippen molar-refractivity contribution in [2.45, 2.75) is 44.2 Å². The van der Waals surface area contributed by atoms with Crippen LogP contribution in [0.1, 0.15) is 31.7 Å². The number of rotatable bonds is 7. The molecule has 1 aromatic rings. The number of nitrogens with one attached hydrogen (secondary N) is 1. The average Bonchev–Trinajstić information content (AvgIpc) is 2.53. The molecule has 0 saturated carbocycles. The van der Waals surface area contributed by atoms with Crippen molar-refractivity contribution in [2.24, 2.45) is 0 Å². The Bertz CT molecular complexity index is 672. The largest absolute Gasteiger partial charge is 0.481 e. The van der Waals surface area contributed by atoms with E-state index in [1.165, 1.54) is 0 Å². The maximum atomic E-state index is 13.9. The number of aliphatic carboxylic acids is 1. The Labute approximate surface area is 138 Å². The van der Waals surface area contributed by atoms with Crippen molar-refractivity contribution in [3.05, 3.63) is 59.5 Å². The van der Waals surface area contributed by atoms with Gasteiger partial charge in [0.25, 0.3) is 0 Å². The smallest absolute Gasteiger partial charge is 0.304 e. The second-order valence-corrected chi connectivity index (χ2v) is 6.00. The number of carboxylic acid groups (broad SMARTS) is 1. The summed E-state index contributed by atoms with van der Waals surface area (Å²) in [6.07, 6.45) is 8.77. The third kappa shape index (κ3) is 4.47. The maximum Gasteiger partial charge on any atom is 0.304 e. The van der Waals surface area contributed by atoms with Crippen LogP contribution in [0.3, 0.4) is 0 Å². The highest BCUT2D eigenvalue weighted by molar-refractivity contribution is 5.67. The van der Waals surface area contributed by atoms with E-state index in [9.17, 15) is 18.0 Å². The summed E-state index contributed by atoms with van der Waals surface area (Å²) in [6, 6.07) is 0.663. The summed E-state index contributed by atoms with van der Waals surface area (Å²) >= 11 is 0. The highest BCUT2D eigenvalue weighted by atomic mass is 19.2. The molecule has 130 valence electrons. The molecule has 0 aliphatic heterocycles. The standard InChI is InChI=1S/C18H20F3NO2/c1-2-18(6-4-3-5-7-18)22-13(10-17(23)24)8-12-9-15(20)16(21)11-14(12)19/h3-6,9,11,13,22H,2,7-8,10H2,1H3,(H,23,24)/t13?,18-/m0/s1. The van der Waals surface area contributed by atoms with E-state index in [1.54, 1.807) is 0 Å². The third-order valence-corrected chi connectivity index (χ3v) is 4.24. The van der Waals surface area contributed by atoms with Crippen LogP contribution in [0.15, 0.2) is 36.4 Å². The van der Waals surface area contributed by atoms with E-state index in [2.05, 4.69) is 5.32 Å². The average molecular weight is 339 g/mol. The van der Waals surface area contributed by atoms with Crippen molar-refractivity contribution in [1.29, 1.82) is 0 Å². The summed E-state index contributed by atoms with van der Waals surface area (Å²) in [5.41, 5.74) is -0.474. The second-order valence-electron chi connectivity index (χ2n) is 6.00. The topological polar surface area (TPSA) is 49.3 Å². The number of carbonyl (C=O) groups is 1. The fourth-order valence-electron chi connectivity index (χ4n) is 2.91. The molecule has 6 heteroatoms. The highest BCUT2D eigenvalue weighted by Crippen LogP contribution is 2.24. The van der Waals surface area contributed by atoms with Crippen molar-refractivity contribution in [3.8, 4) is 0 Å². The molecule has 0 bridgehead atoms. The van der Waals surface area contributed by atoms with Gasteiger partial charge in [-0.15, -0.1) is 0 Å². The van der Waals surface area contributed by atoms with Gasteiger partial charge in [0.05, 0.1) is 6.42 Å². The second kappa shape index (κ2) is 7.66. The van der Waals surface area contributed by atoms with E-state index >= 15 is 0 Å². The number of halogens is 3. The molecule has 0 amide bonds. The van der Waals surface area contributed by atoms with E-state index in [4.69, 9.17) is 5.11 Å². The summed E-state index contributed by atoms with van der Waals surface area (Å²) < 4.78 is 40.3. The monoisotopic (exact) mass is 339 g/mol. The Balaban J connectivity index is 2.22. The van der Waals surface area contributed by atoms with Gasteiger partial charge in [-0.1, -0.05) is 31.2 Å². The quantitative estimate of drug-likeness (QED) is 0.744. The van der Waals surface area contributed by atoms with Crippen LogP contribution >= 0.6 is 0 Å². The molecule has 24 heavy (non-hydrogen) atoms. The summed E-state index contributed by atoms with van der Waals surface area (Å²) in [6.45, 7) is 1.96. The van der Waals surface area contributed by atoms with Gasteiger partial charge in [-0.2, -0.15) is 0 Å². The first kappa shape index (κ1) is 18.3. The zero-order valence-corrected chi connectivity index (χ0v) is 13.4. The van der Waals surface area contributed by atoms with E-state index in [-0.39, 0.29) is 18.4 Å². The van der Waals surface area contributed by atoms with Crippen LogP contribution in [0.25, 0.3) is 0 Å². The van der Waals surface area contributed by atoms with Crippen LogP contribution in [-0.4, -0.2) is 22.7 Å². The molecule has 0 radical (unpaired) electrons. The molecule has 1 aromatic carbocycles. The number of hydrogen-bond donors (Lipinski definition) is 2. The molecule has 0 spiro atoms. The van der Waals surface area contributed by atoms with Gasteiger partial charge < -0.3 is 10.4 Å². The van der Waals surface area contributed by atoms with E-state index in [0.29, 0.717) is 18.9 Å². The van der Waals surface area contributed by atoms with Crippen molar-refractivity contribution >= 4 is 5.97 Å². The van der Waals surface area contributed by atoms with Gasteiger partial charge in [0.15, 0.2) is 11.6 Å². The lowest BCUT2D eigenvalue weighted by molar-refractivity contribution is -0.137. The third-order valence-electron chi connectivity index (χ3n) is 4.24. The summed E-state index contributed by atoms with van der Waals surface area (Å²) in [5, 5.41) is 12.4. The first-order chi connectivity index (χ1) is 11.3. The van der Waals surface area contributed by atoms with Gasteiger partial charge in [-0.25, -0.2) is 13.2 Å². The summed E-state index contributed by atoms with van der Waals surface area (Å²) in [4.78, 5) is 11.1. The molecule has 2 rings (SSSR count). The Morgan fingerprint density at radius 1 is 1.25 bits per heavy atom. The van der Waals surface area contributed by atoms with Gasteiger partial charge in [-0.3, -0.25) is 4.79 Å². The molecular weight excluding hydrogens is 319 g/mol. The van der Waals surface area contributed by atoms with E-state index in [1.807, 2.05) is 31.2 Å². The molecule has 0 saturated heterocycles. The molecule has 2 N–H and O–H groups in total. The fraction of sp³-hybridized carbons (Fsp3) is 0.389. The molecule has 1 unspecified atom stereocenters. The van der Waals surface area contributed by atoms with Gasteiger partial charge in [0.1, 0.15) is 5.82 Å². The summed E-state index contributed by atoms with van der Waals surface area (Å²) in [5.74, 6) is -4.33. The van der Waals surface area contributed by atoms with Crippen molar-refractivity contribution in [1.82, 2.24) is 5.32 Å². The molecule has 0 aromatic heterocycles. The minimum atomic E-state index is -1.26. The Hall–Kier alpha value is -2.08. The van der Waals surface area contributed by atoms with Crippen LogP contribution in [0, 0.1) is 17.5 Å². The van der Waals surface area contributed by atoms with E-state index < -0.39 is 35.0 Å². The van der Waals surface area contributed by atoms with Crippen LogP contribution in [0.4, 0.5) is 13.2 Å². The molecule has 0 fully saturated rings. The minimum absolute atomic E-state index is 0.0470. The predicted octanol–water partition coefficient (Wildman–Crippen LogP) is 3.74. The van der Waals surface area contributed by atoms with Crippen molar-refractivity contribution < 1.29 is 23.1 Å². The number of hydrogen-bond acceptors (Lipinski definition) is 2. The molecule has 1 aliphatic carbocycles. The Morgan fingerprint density at radius 3 is 2.54 bits per heavy atom. The first-order valence-corrected chi connectivity index (χ1v) is 7.82. The predicted molar refractivity (Wildman–Crippen MR) is 85.1 cm³/mol. The van der Waals surface area contributed by atoms with E-state index in [0.717, 1.165) is 6.07 Å². The molecule has 3 nitrogen and oxygen atoms in total. The van der Waals surface area contributed by atoms with Crippen LogP contribution in [0.2, 0.25) is 0 Å². The van der Waals surface area contributed by atoms with Crippen molar-refractivity contribution in [3.63, 3.8) is 0 Å². The number of allylic oxidation sites excluding steroid dienone is 2. The normalized spacial score (nSPS) is 21.0. The van der Waals surface area contributed by atoms with Crippen LogP contribution in [0.5, 0.6) is 0 Å². The summed E-state index contributed by atoms with van der Waals surface area (Å²) in [7, 11) is 0. The van der Waals surface area contributed by atoms with Crippen molar-refractivity contribution in [2.75, 3.05) is 0 Å². The molecular formula is C18H20F3NO2. The lowest BCUT2D eigenvalue weighted by Crippen LogP contribution is -2.50. The van der Waals surface area contributed by atoms with Gasteiger partial charge >= 0.3 is 5.97 Å².